The normalized spacial score (nSPS) is 14.4. The van der Waals surface area contributed by atoms with Gasteiger partial charge in [-0.1, -0.05) is 30.3 Å². The first-order valence-corrected chi connectivity index (χ1v) is 4.64. The zero-order valence-corrected chi connectivity index (χ0v) is 7.85. The molecule has 0 saturated heterocycles. The topological polar surface area (TPSA) is 24.4 Å². The highest BCUT2D eigenvalue weighted by Gasteiger charge is 1.98. The maximum absolute atomic E-state index is 4.28. The molecule has 0 bridgehead atoms. The summed E-state index contributed by atoms with van der Waals surface area (Å²) < 4.78 is 0. The second-order valence-electron chi connectivity index (χ2n) is 3.08. The Morgan fingerprint density at radius 1 is 1.07 bits per heavy atom. The number of nitrogens with one attached hydrogen (secondary N) is 1. The summed E-state index contributed by atoms with van der Waals surface area (Å²) in [5.41, 5.74) is 1.27. The Bertz CT molecular complexity index is 375. The van der Waals surface area contributed by atoms with Gasteiger partial charge in [-0.15, -0.1) is 0 Å². The Morgan fingerprint density at radius 2 is 1.93 bits per heavy atom. The van der Waals surface area contributed by atoms with Crippen LogP contribution in [0.4, 0.5) is 0 Å². The second kappa shape index (κ2) is 4.42. The summed E-state index contributed by atoms with van der Waals surface area (Å²) in [5.74, 6) is 0.973. The number of rotatable bonds is 2. The van der Waals surface area contributed by atoms with Crippen molar-refractivity contribution in [2.75, 3.05) is 0 Å². The molecular weight excluding hydrogens is 172 g/mol. The SMILES string of the molecule is C1=CN=C(Cc2ccccc2)NC=C1. The summed E-state index contributed by atoms with van der Waals surface area (Å²) in [6.45, 7) is 0. The molecule has 1 aromatic rings. The van der Waals surface area contributed by atoms with Crippen molar-refractivity contribution in [1.82, 2.24) is 5.32 Å². The third-order valence-electron chi connectivity index (χ3n) is 1.99. The van der Waals surface area contributed by atoms with Crippen molar-refractivity contribution in [2.24, 2.45) is 4.99 Å². The summed E-state index contributed by atoms with van der Waals surface area (Å²) in [7, 11) is 0. The van der Waals surface area contributed by atoms with Crippen molar-refractivity contribution in [3.8, 4) is 0 Å². The predicted molar refractivity (Wildman–Crippen MR) is 59.0 cm³/mol. The molecule has 70 valence electrons. The lowest BCUT2D eigenvalue weighted by Gasteiger charge is -2.03. The molecule has 1 heterocycles. The van der Waals surface area contributed by atoms with E-state index in [2.05, 4.69) is 22.4 Å². The summed E-state index contributed by atoms with van der Waals surface area (Å²) in [5, 5.41) is 3.14. The van der Waals surface area contributed by atoms with Crippen molar-refractivity contribution in [2.45, 2.75) is 6.42 Å². The zero-order valence-electron chi connectivity index (χ0n) is 7.85. The quantitative estimate of drug-likeness (QED) is 0.749. The minimum Gasteiger partial charge on any atom is -0.350 e. The first-order chi connectivity index (χ1) is 6.95. The molecule has 0 aliphatic carbocycles. The van der Waals surface area contributed by atoms with E-state index < -0.39 is 0 Å². The molecule has 0 atom stereocenters. The van der Waals surface area contributed by atoms with Crippen molar-refractivity contribution in [3.63, 3.8) is 0 Å². The van der Waals surface area contributed by atoms with Crippen LogP contribution in [0, 0.1) is 0 Å². The third-order valence-corrected chi connectivity index (χ3v) is 1.99. The van der Waals surface area contributed by atoms with Crippen LogP contribution in [-0.4, -0.2) is 5.84 Å². The van der Waals surface area contributed by atoms with Gasteiger partial charge in [-0.3, -0.25) is 0 Å². The average Bonchev–Trinajstić information content (AvgIpc) is 2.48. The summed E-state index contributed by atoms with van der Waals surface area (Å²) in [6.07, 6.45) is 8.38. The molecule has 1 aliphatic rings. The van der Waals surface area contributed by atoms with Gasteiger partial charge in [0.15, 0.2) is 0 Å². The van der Waals surface area contributed by atoms with Crippen molar-refractivity contribution in [1.29, 1.82) is 0 Å². The number of hydrogen-bond acceptors (Lipinski definition) is 2. The number of aliphatic imine (C=N–C) groups is 1. The van der Waals surface area contributed by atoms with Gasteiger partial charge >= 0.3 is 0 Å². The molecule has 14 heavy (non-hydrogen) atoms. The van der Waals surface area contributed by atoms with Gasteiger partial charge in [0.1, 0.15) is 5.84 Å². The number of allylic oxidation sites excluding steroid dienone is 2. The fraction of sp³-hybridized carbons (Fsp3) is 0.0833. The molecule has 0 spiro atoms. The maximum atomic E-state index is 4.28. The molecular formula is C12H12N2. The minimum absolute atomic E-state index is 0.843. The Morgan fingerprint density at radius 3 is 2.79 bits per heavy atom. The molecule has 1 aliphatic heterocycles. The van der Waals surface area contributed by atoms with Crippen LogP contribution in [0.2, 0.25) is 0 Å². The lowest BCUT2D eigenvalue weighted by atomic mass is 10.1. The van der Waals surface area contributed by atoms with Crippen LogP contribution in [-0.2, 0) is 6.42 Å². The van der Waals surface area contributed by atoms with Crippen LogP contribution in [0.15, 0.2) is 59.9 Å². The fourth-order valence-corrected chi connectivity index (χ4v) is 1.31. The van der Waals surface area contributed by atoms with E-state index in [1.807, 2.05) is 36.6 Å². The molecule has 2 heteroatoms. The van der Waals surface area contributed by atoms with Crippen molar-refractivity contribution < 1.29 is 0 Å². The van der Waals surface area contributed by atoms with Gasteiger partial charge in [0, 0.05) is 18.8 Å². The maximum Gasteiger partial charge on any atom is 0.110 e. The monoisotopic (exact) mass is 184 g/mol. The van der Waals surface area contributed by atoms with Crippen molar-refractivity contribution >= 4 is 5.84 Å². The van der Waals surface area contributed by atoms with Gasteiger partial charge in [0.25, 0.3) is 0 Å². The lowest BCUT2D eigenvalue weighted by Crippen LogP contribution is -2.18. The Balaban J connectivity index is 2.08. The Labute approximate surface area is 83.7 Å². The van der Waals surface area contributed by atoms with E-state index in [0.29, 0.717) is 0 Å². The third kappa shape index (κ3) is 2.33. The molecule has 0 amide bonds. The highest BCUT2D eigenvalue weighted by molar-refractivity contribution is 5.86. The highest BCUT2D eigenvalue weighted by Crippen LogP contribution is 2.01. The van der Waals surface area contributed by atoms with Gasteiger partial charge in [-0.05, 0) is 17.7 Å². The first kappa shape index (κ1) is 8.75. The standard InChI is InChI=1S/C12H12N2/c1-2-6-11(7-3-1)10-12-13-8-4-5-9-14-12/h1-9H,10H2,(H,13,14). The van der Waals surface area contributed by atoms with E-state index in [4.69, 9.17) is 0 Å². The van der Waals surface area contributed by atoms with Crippen LogP contribution in [0.3, 0.4) is 0 Å². The van der Waals surface area contributed by atoms with Crippen LogP contribution >= 0.6 is 0 Å². The van der Waals surface area contributed by atoms with Gasteiger partial charge in [-0.2, -0.15) is 0 Å². The molecule has 1 aromatic carbocycles. The molecule has 0 fully saturated rings. The second-order valence-corrected chi connectivity index (χ2v) is 3.08. The van der Waals surface area contributed by atoms with E-state index in [1.54, 1.807) is 6.20 Å². The average molecular weight is 184 g/mol. The molecule has 2 nitrogen and oxygen atoms in total. The predicted octanol–water partition coefficient (Wildman–Crippen LogP) is 2.26. The van der Waals surface area contributed by atoms with Crippen molar-refractivity contribution in [3.05, 3.63) is 60.4 Å². The molecule has 0 aromatic heterocycles. The smallest absolute Gasteiger partial charge is 0.110 e. The Kier molecular flexibility index (Phi) is 2.76. The molecule has 0 radical (unpaired) electrons. The van der Waals surface area contributed by atoms with Gasteiger partial charge in [-0.25, -0.2) is 4.99 Å². The van der Waals surface area contributed by atoms with Crippen LogP contribution in [0.5, 0.6) is 0 Å². The van der Waals surface area contributed by atoms with Gasteiger partial charge in [0.05, 0.1) is 0 Å². The summed E-state index contributed by atoms with van der Waals surface area (Å²) in [4.78, 5) is 4.28. The highest BCUT2D eigenvalue weighted by atomic mass is 15.0. The first-order valence-electron chi connectivity index (χ1n) is 4.64. The Hall–Kier alpha value is -1.83. The molecule has 2 rings (SSSR count). The number of nitrogens with zero attached hydrogens (tertiary/aromatic N) is 1. The van der Waals surface area contributed by atoms with Crippen LogP contribution in [0.25, 0.3) is 0 Å². The largest absolute Gasteiger partial charge is 0.350 e. The number of hydrogen-bond donors (Lipinski definition) is 1. The van der Waals surface area contributed by atoms with E-state index in [9.17, 15) is 0 Å². The van der Waals surface area contributed by atoms with E-state index in [0.717, 1.165) is 12.3 Å². The minimum atomic E-state index is 0.843. The molecule has 1 N–H and O–H groups in total. The number of benzene rings is 1. The lowest BCUT2D eigenvalue weighted by molar-refractivity contribution is 1.16. The van der Waals surface area contributed by atoms with Crippen LogP contribution < -0.4 is 5.32 Å². The summed E-state index contributed by atoms with van der Waals surface area (Å²) in [6, 6.07) is 10.3. The summed E-state index contributed by atoms with van der Waals surface area (Å²) >= 11 is 0. The van der Waals surface area contributed by atoms with E-state index in [1.165, 1.54) is 5.56 Å². The van der Waals surface area contributed by atoms with Gasteiger partial charge < -0.3 is 5.32 Å². The van der Waals surface area contributed by atoms with E-state index in [-0.39, 0.29) is 0 Å². The molecule has 0 saturated carbocycles. The van der Waals surface area contributed by atoms with Crippen LogP contribution in [0.1, 0.15) is 5.56 Å². The van der Waals surface area contributed by atoms with E-state index >= 15 is 0 Å². The fourth-order valence-electron chi connectivity index (χ4n) is 1.31. The molecule has 0 unspecified atom stereocenters. The van der Waals surface area contributed by atoms with Gasteiger partial charge in [0.2, 0.25) is 0 Å². The zero-order chi connectivity index (χ0) is 9.64. The number of amidine groups is 1.